The molecule has 0 aromatic heterocycles. The van der Waals surface area contributed by atoms with Crippen LogP contribution in [0.25, 0.3) is 0 Å². The van der Waals surface area contributed by atoms with Crippen LogP contribution < -0.4 is 10.2 Å². The van der Waals surface area contributed by atoms with Crippen LogP contribution >= 0.6 is 0 Å². The van der Waals surface area contributed by atoms with Crippen molar-refractivity contribution < 1.29 is 13.2 Å². The van der Waals surface area contributed by atoms with Crippen molar-refractivity contribution in [3.05, 3.63) is 24.3 Å². The average molecular weight is 297 g/mol. The van der Waals surface area contributed by atoms with E-state index in [1.807, 2.05) is 17.9 Å². The van der Waals surface area contributed by atoms with Crippen LogP contribution in [0.4, 0.5) is 5.69 Å². The van der Waals surface area contributed by atoms with E-state index in [1.54, 1.807) is 25.3 Å². The molecule has 20 heavy (non-hydrogen) atoms. The van der Waals surface area contributed by atoms with Crippen molar-refractivity contribution in [2.45, 2.75) is 17.9 Å². The molecule has 1 N–H and O–H groups in total. The summed E-state index contributed by atoms with van der Waals surface area (Å²) >= 11 is 0. The topological polar surface area (TPSA) is 71.0 Å². The van der Waals surface area contributed by atoms with Crippen LogP contribution in [0.1, 0.15) is 6.92 Å². The highest BCUT2D eigenvalue weighted by Crippen LogP contribution is 2.28. The Hall–Kier alpha value is -1.44. The summed E-state index contributed by atoms with van der Waals surface area (Å²) in [5.74, 6) is 0. The molecule has 0 aliphatic carbocycles. The first-order valence-corrected chi connectivity index (χ1v) is 7.87. The number of nitrogens with one attached hydrogen (secondary N) is 1. The number of sulfonamides is 1. The number of para-hydroxylation sites is 1. The first-order valence-electron chi connectivity index (χ1n) is 6.43. The maximum atomic E-state index is 11.8. The minimum absolute atomic E-state index is 0.251. The van der Waals surface area contributed by atoms with Gasteiger partial charge in [-0.15, -0.1) is 4.40 Å². The Bertz CT molecular complexity index is 586. The Morgan fingerprint density at radius 3 is 2.90 bits per heavy atom. The highest BCUT2D eigenvalue weighted by Gasteiger charge is 2.24. The number of hydrogen-bond donors (Lipinski definition) is 1. The fourth-order valence-corrected chi connectivity index (χ4v) is 3.12. The molecule has 1 aliphatic heterocycles. The summed E-state index contributed by atoms with van der Waals surface area (Å²) in [6.07, 6.45) is 1.38. The zero-order chi connectivity index (χ0) is 14.6. The van der Waals surface area contributed by atoms with Crippen LogP contribution in [0.3, 0.4) is 0 Å². The molecule has 1 atom stereocenters. The first kappa shape index (κ1) is 15.0. The molecule has 0 fully saturated rings. The van der Waals surface area contributed by atoms with Gasteiger partial charge in [0.05, 0.1) is 12.3 Å². The number of methoxy groups -OCH3 is 1. The van der Waals surface area contributed by atoms with Gasteiger partial charge < -0.3 is 15.0 Å². The van der Waals surface area contributed by atoms with E-state index in [-0.39, 0.29) is 10.9 Å². The minimum atomic E-state index is -3.54. The molecule has 2 rings (SSSR count). The maximum Gasteiger partial charge on any atom is 0.285 e. The van der Waals surface area contributed by atoms with Gasteiger partial charge in [-0.25, -0.2) is 0 Å². The normalized spacial score (nSPS) is 17.8. The molecule has 7 heteroatoms. The Labute approximate surface area is 119 Å². The highest BCUT2D eigenvalue weighted by molar-refractivity contribution is 7.90. The van der Waals surface area contributed by atoms with Gasteiger partial charge in [0.1, 0.15) is 11.2 Å². The predicted molar refractivity (Wildman–Crippen MR) is 78.8 cm³/mol. The molecular weight excluding hydrogens is 278 g/mol. The summed E-state index contributed by atoms with van der Waals surface area (Å²) in [4.78, 5) is 2.09. The second-order valence-electron chi connectivity index (χ2n) is 4.67. The first-order chi connectivity index (χ1) is 9.54. The van der Waals surface area contributed by atoms with Crippen LogP contribution in [0.2, 0.25) is 0 Å². The summed E-state index contributed by atoms with van der Waals surface area (Å²) < 4.78 is 32.3. The average Bonchev–Trinajstić information content (AvgIpc) is 2.42. The van der Waals surface area contributed by atoms with Gasteiger partial charge in [0.15, 0.2) is 0 Å². The number of ether oxygens (including phenoxy) is 1. The fourth-order valence-electron chi connectivity index (χ4n) is 2.07. The van der Waals surface area contributed by atoms with Crippen molar-refractivity contribution in [3.63, 3.8) is 0 Å². The van der Waals surface area contributed by atoms with Crippen molar-refractivity contribution in [2.24, 2.45) is 4.40 Å². The Morgan fingerprint density at radius 1 is 1.40 bits per heavy atom. The van der Waals surface area contributed by atoms with E-state index in [0.717, 1.165) is 0 Å². The van der Waals surface area contributed by atoms with E-state index in [0.29, 0.717) is 25.4 Å². The maximum absolute atomic E-state index is 11.8. The number of nitrogens with zero attached hydrogens (tertiary/aromatic N) is 2. The van der Waals surface area contributed by atoms with E-state index in [2.05, 4.69) is 9.71 Å². The molecule has 6 nitrogen and oxygen atoms in total. The SMILES string of the molecule is COCC(C)NCCN1C=NS(=O)(=O)c2ccccc21. The fraction of sp³-hybridized carbons (Fsp3) is 0.462. The van der Waals surface area contributed by atoms with Gasteiger partial charge in [0.25, 0.3) is 10.0 Å². The molecule has 1 aromatic carbocycles. The monoisotopic (exact) mass is 297 g/mol. The van der Waals surface area contributed by atoms with Crippen LogP contribution in [0, 0.1) is 0 Å². The number of fused-ring (bicyclic) bond motifs is 1. The molecular formula is C13H19N3O3S. The van der Waals surface area contributed by atoms with Gasteiger partial charge in [0.2, 0.25) is 0 Å². The van der Waals surface area contributed by atoms with Crippen molar-refractivity contribution in [1.82, 2.24) is 5.32 Å². The van der Waals surface area contributed by atoms with Gasteiger partial charge in [-0.2, -0.15) is 8.42 Å². The highest BCUT2D eigenvalue weighted by atomic mass is 32.2. The lowest BCUT2D eigenvalue weighted by molar-refractivity contribution is 0.173. The van der Waals surface area contributed by atoms with Gasteiger partial charge in [-0.1, -0.05) is 12.1 Å². The number of rotatable bonds is 6. The second-order valence-corrected chi connectivity index (χ2v) is 6.27. The number of benzene rings is 1. The molecule has 0 bridgehead atoms. The third-order valence-electron chi connectivity index (χ3n) is 3.04. The summed E-state index contributed by atoms with van der Waals surface area (Å²) in [5.41, 5.74) is 0.670. The molecule has 1 aliphatic rings. The zero-order valence-corrected chi connectivity index (χ0v) is 12.4. The van der Waals surface area contributed by atoms with E-state index in [4.69, 9.17) is 4.74 Å². The molecule has 1 aromatic rings. The summed E-state index contributed by atoms with van der Waals surface area (Å²) in [6.45, 7) is 4.03. The molecule has 0 radical (unpaired) electrons. The van der Waals surface area contributed by atoms with Crippen molar-refractivity contribution in [1.29, 1.82) is 0 Å². The lowest BCUT2D eigenvalue weighted by Crippen LogP contribution is -2.38. The minimum Gasteiger partial charge on any atom is -0.383 e. The van der Waals surface area contributed by atoms with Crippen LogP contribution in [-0.2, 0) is 14.8 Å². The molecule has 0 spiro atoms. The van der Waals surface area contributed by atoms with Crippen LogP contribution in [0.15, 0.2) is 33.6 Å². The molecule has 0 saturated heterocycles. The number of anilines is 1. The molecule has 1 heterocycles. The third-order valence-corrected chi connectivity index (χ3v) is 4.31. The molecule has 0 amide bonds. The largest absolute Gasteiger partial charge is 0.383 e. The molecule has 110 valence electrons. The summed E-state index contributed by atoms with van der Waals surface area (Å²) in [5, 5.41) is 3.30. The quantitative estimate of drug-likeness (QED) is 0.843. The lowest BCUT2D eigenvalue weighted by Gasteiger charge is -2.25. The zero-order valence-electron chi connectivity index (χ0n) is 11.6. The number of hydrogen-bond acceptors (Lipinski definition) is 5. The molecule has 0 saturated carbocycles. The van der Waals surface area contributed by atoms with E-state index >= 15 is 0 Å². The van der Waals surface area contributed by atoms with Gasteiger partial charge in [0, 0.05) is 26.2 Å². The standard InChI is InChI=1S/C13H19N3O3S/c1-11(9-19-2)14-7-8-16-10-15-20(17,18)13-6-4-3-5-12(13)16/h3-6,10-11,14H,7-9H2,1-2H3. The summed E-state index contributed by atoms with van der Waals surface area (Å²) in [6, 6.07) is 7.14. The predicted octanol–water partition coefficient (Wildman–Crippen LogP) is 0.848. The Balaban J connectivity index is 2.04. The Morgan fingerprint density at radius 2 is 2.15 bits per heavy atom. The second kappa shape index (κ2) is 6.34. The van der Waals surface area contributed by atoms with Crippen molar-refractivity contribution >= 4 is 22.0 Å². The van der Waals surface area contributed by atoms with Crippen LogP contribution in [-0.4, -0.2) is 47.6 Å². The van der Waals surface area contributed by atoms with Crippen molar-refractivity contribution in [2.75, 3.05) is 31.7 Å². The Kier molecular flexibility index (Phi) is 4.74. The van der Waals surface area contributed by atoms with Gasteiger partial charge in [-0.05, 0) is 19.1 Å². The smallest absolute Gasteiger partial charge is 0.285 e. The van der Waals surface area contributed by atoms with Gasteiger partial charge >= 0.3 is 0 Å². The van der Waals surface area contributed by atoms with E-state index in [1.165, 1.54) is 6.34 Å². The van der Waals surface area contributed by atoms with Crippen LogP contribution in [0.5, 0.6) is 0 Å². The summed E-state index contributed by atoms with van der Waals surface area (Å²) in [7, 11) is -1.87. The van der Waals surface area contributed by atoms with Gasteiger partial charge in [-0.3, -0.25) is 0 Å². The van der Waals surface area contributed by atoms with E-state index < -0.39 is 10.0 Å². The molecule has 1 unspecified atom stereocenters. The van der Waals surface area contributed by atoms with E-state index in [9.17, 15) is 8.42 Å². The van der Waals surface area contributed by atoms with Crippen molar-refractivity contribution in [3.8, 4) is 0 Å². The lowest BCUT2D eigenvalue weighted by atomic mass is 10.3. The third kappa shape index (κ3) is 3.36.